The molecular formula is C14H14BrF3N2. The van der Waals surface area contributed by atoms with E-state index in [0.717, 1.165) is 18.3 Å². The Morgan fingerprint density at radius 2 is 2.00 bits per heavy atom. The SMILES string of the molecule is CCn1cccc1CNc1ccc(Br)c(C(F)(F)F)c1. The molecule has 0 saturated carbocycles. The summed E-state index contributed by atoms with van der Waals surface area (Å²) in [5.74, 6) is 0. The number of halogens is 4. The van der Waals surface area contributed by atoms with Crippen LogP contribution in [0.2, 0.25) is 0 Å². The van der Waals surface area contributed by atoms with E-state index in [1.807, 2.05) is 29.8 Å². The molecule has 108 valence electrons. The minimum atomic E-state index is -4.36. The highest BCUT2D eigenvalue weighted by molar-refractivity contribution is 9.10. The Morgan fingerprint density at radius 3 is 2.65 bits per heavy atom. The van der Waals surface area contributed by atoms with Crippen LogP contribution in [0.4, 0.5) is 18.9 Å². The summed E-state index contributed by atoms with van der Waals surface area (Å²) in [6.45, 7) is 3.34. The molecule has 0 radical (unpaired) electrons. The summed E-state index contributed by atoms with van der Waals surface area (Å²) in [4.78, 5) is 0. The molecule has 0 atom stereocenters. The van der Waals surface area contributed by atoms with Crippen molar-refractivity contribution >= 4 is 21.6 Å². The molecule has 2 nitrogen and oxygen atoms in total. The highest BCUT2D eigenvalue weighted by atomic mass is 79.9. The number of hydrogen-bond donors (Lipinski definition) is 1. The zero-order chi connectivity index (χ0) is 14.8. The highest BCUT2D eigenvalue weighted by Crippen LogP contribution is 2.36. The van der Waals surface area contributed by atoms with Gasteiger partial charge < -0.3 is 9.88 Å². The number of nitrogens with one attached hydrogen (secondary N) is 1. The topological polar surface area (TPSA) is 17.0 Å². The van der Waals surface area contributed by atoms with Gasteiger partial charge in [-0.3, -0.25) is 0 Å². The van der Waals surface area contributed by atoms with Gasteiger partial charge in [0, 0.05) is 28.6 Å². The van der Waals surface area contributed by atoms with Crippen LogP contribution in [0.5, 0.6) is 0 Å². The second kappa shape index (κ2) is 5.91. The Balaban J connectivity index is 2.15. The summed E-state index contributed by atoms with van der Waals surface area (Å²) in [5.41, 5.74) is 0.807. The maximum Gasteiger partial charge on any atom is 0.417 e. The maximum atomic E-state index is 12.8. The van der Waals surface area contributed by atoms with Crippen LogP contribution >= 0.6 is 15.9 Å². The molecule has 0 saturated heterocycles. The standard InChI is InChI=1S/C14H14BrF3N2/c1-2-20-7-3-4-11(20)9-19-10-5-6-13(15)12(8-10)14(16,17)18/h3-8,19H,2,9H2,1H3. The largest absolute Gasteiger partial charge is 0.417 e. The molecule has 0 amide bonds. The van der Waals surface area contributed by atoms with Crippen LogP contribution in [0.1, 0.15) is 18.2 Å². The average molecular weight is 347 g/mol. The normalized spacial score (nSPS) is 11.7. The van der Waals surface area contributed by atoms with Crippen molar-refractivity contribution in [3.8, 4) is 0 Å². The van der Waals surface area contributed by atoms with Gasteiger partial charge in [0.25, 0.3) is 0 Å². The predicted octanol–water partition coefficient (Wildman–Crippen LogP) is 4.90. The molecule has 2 aromatic rings. The van der Waals surface area contributed by atoms with E-state index < -0.39 is 11.7 Å². The molecule has 1 aromatic carbocycles. The quantitative estimate of drug-likeness (QED) is 0.832. The molecule has 0 fully saturated rings. The van der Waals surface area contributed by atoms with Crippen LogP contribution in [-0.4, -0.2) is 4.57 Å². The van der Waals surface area contributed by atoms with Gasteiger partial charge in [-0.25, -0.2) is 0 Å². The number of alkyl halides is 3. The third-order valence-corrected chi connectivity index (χ3v) is 3.70. The highest BCUT2D eigenvalue weighted by Gasteiger charge is 2.33. The molecule has 1 heterocycles. The Bertz CT molecular complexity index is 590. The third-order valence-electron chi connectivity index (χ3n) is 3.01. The Kier molecular flexibility index (Phi) is 4.42. The predicted molar refractivity (Wildman–Crippen MR) is 76.6 cm³/mol. The number of benzene rings is 1. The molecular weight excluding hydrogens is 333 g/mol. The van der Waals surface area contributed by atoms with Gasteiger partial charge in [-0.15, -0.1) is 0 Å². The van der Waals surface area contributed by atoms with E-state index in [0.29, 0.717) is 12.2 Å². The van der Waals surface area contributed by atoms with Crippen LogP contribution in [-0.2, 0) is 19.3 Å². The first-order valence-corrected chi connectivity index (χ1v) is 6.95. The number of aryl methyl sites for hydroxylation is 1. The monoisotopic (exact) mass is 346 g/mol. The maximum absolute atomic E-state index is 12.8. The molecule has 0 unspecified atom stereocenters. The first-order chi connectivity index (χ1) is 9.41. The molecule has 1 aromatic heterocycles. The lowest BCUT2D eigenvalue weighted by Gasteiger charge is -2.13. The van der Waals surface area contributed by atoms with Crippen molar-refractivity contribution in [3.63, 3.8) is 0 Å². The molecule has 20 heavy (non-hydrogen) atoms. The fraction of sp³-hybridized carbons (Fsp3) is 0.286. The average Bonchev–Trinajstić information content (AvgIpc) is 2.84. The second-order valence-electron chi connectivity index (χ2n) is 4.33. The van der Waals surface area contributed by atoms with E-state index in [2.05, 4.69) is 21.2 Å². The van der Waals surface area contributed by atoms with Gasteiger partial charge in [0.05, 0.1) is 12.1 Å². The van der Waals surface area contributed by atoms with Crippen molar-refractivity contribution < 1.29 is 13.2 Å². The molecule has 0 aliphatic heterocycles. The first kappa shape index (κ1) is 15.0. The van der Waals surface area contributed by atoms with E-state index in [4.69, 9.17) is 0 Å². The smallest absolute Gasteiger partial charge is 0.379 e. The lowest BCUT2D eigenvalue weighted by molar-refractivity contribution is -0.138. The third kappa shape index (κ3) is 3.36. The lowest BCUT2D eigenvalue weighted by atomic mass is 10.2. The van der Waals surface area contributed by atoms with Crippen molar-refractivity contribution in [2.45, 2.75) is 26.2 Å². The minimum absolute atomic E-state index is 0.0486. The Hall–Kier alpha value is -1.43. The van der Waals surface area contributed by atoms with E-state index in [-0.39, 0.29) is 4.47 Å². The van der Waals surface area contributed by atoms with Gasteiger partial charge in [-0.1, -0.05) is 15.9 Å². The second-order valence-corrected chi connectivity index (χ2v) is 5.19. The van der Waals surface area contributed by atoms with E-state index in [9.17, 15) is 13.2 Å². The van der Waals surface area contributed by atoms with E-state index in [1.165, 1.54) is 6.07 Å². The number of anilines is 1. The van der Waals surface area contributed by atoms with Crippen LogP contribution < -0.4 is 5.32 Å². The van der Waals surface area contributed by atoms with Gasteiger partial charge in [-0.05, 0) is 37.3 Å². The zero-order valence-corrected chi connectivity index (χ0v) is 12.4. The van der Waals surface area contributed by atoms with Crippen molar-refractivity contribution in [3.05, 3.63) is 52.3 Å². The van der Waals surface area contributed by atoms with Crippen molar-refractivity contribution in [2.24, 2.45) is 0 Å². The van der Waals surface area contributed by atoms with Crippen molar-refractivity contribution in [1.82, 2.24) is 4.57 Å². The fourth-order valence-electron chi connectivity index (χ4n) is 1.96. The first-order valence-electron chi connectivity index (χ1n) is 6.16. The molecule has 6 heteroatoms. The van der Waals surface area contributed by atoms with Gasteiger partial charge >= 0.3 is 6.18 Å². The number of nitrogens with zero attached hydrogens (tertiary/aromatic N) is 1. The molecule has 1 N–H and O–H groups in total. The van der Waals surface area contributed by atoms with Gasteiger partial charge in [0.1, 0.15) is 0 Å². The summed E-state index contributed by atoms with van der Waals surface area (Å²) in [7, 11) is 0. The summed E-state index contributed by atoms with van der Waals surface area (Å²) in [6, 6.07) is 8.01. The Morgan fingerprint density at radius 1 is 1.25 bits per heavy atom. The molecule has 0 spiro atoms. The summed E-state index contributed by atoms with van der Waals surface area (Å²) < 4.78 is 40.5. The molecule has 0 aliphatic rings. The van der Waals surface area contributed by atoms with Gasteiger partial charge in [0.15, 0.2) is 0 Å². The summed E-state index contributed by atoms with van der Waals surface area (Å²) in [5, 5.41) is 3.02. The van der Waals surface area contributed by atoms with Gasteiger partial charge in [-0.2, -0.15) is 13.2 Å². The van der Waals surface area contributed by atoms with E-state index >= 15 is 0 Å². The summed E-state index contributed by atoms with van der Waals surface area (Å²) in [6.07, 6.45) is -2.42. The molecule has 0 aliphatic carbocycles. The van der Waals surface area contributed by atoms with Crippen LogP contribution in [0.15, 0.2) is 41.0 Å². The van der Waals surface area contributed by atoms with Crippen LogP contribution in [0.3, 0.4) is 0 Å². The number of rotatable bonds is 4. The van der Waals surface area contributed by atoms with Crippen LogP contribution in [0.25, 0.3) is 0 Å². The summed E-state index contributed by atoms with van der Waals surface area (Å²) >= 11 is 2.93. The van der Waals surface area contributed by atoms with E-state index in [1.54, 1.807) is 6.07 Å². The minimum Gasteiger partial charge on any atom is -0.379 e. The Labute approximate surface area is 123 Å². The number of hydrogen-bond acceptors (Lipinski definition) is 1. The van der Waals surface area contributed by atoms with Crippen molar-refractivity contribution in [1.29, 1.82) is 0 Å². The number of aromatic nitrogens is 1. The fourth-order valence-corrected chi connectivity index (χ4v) is 2.43. The van der Waals surface area contributed by atoms with Crippen molar-refractivity contribution in [2.75, 3.05) is 5.32 Å². The molecule has 2 rings (SSSR count). The molecule has 0 bridgehead atoms. The zero-order valence-electron chi connectivity index (χ0n) is 10.8. The van der Waals surface area contributed by atoms with Gasteiger partial charge in [0.2, 0.25) is 0 Å². The lowest BCUT2D eigenvalue weighted by Crippen LogP contribution is -2.09. The van der Waals surface area contributed by atoms with Crippen LogP contribution in [0, 0.1) is 0 Å².